The number of aryl methyl sites for hydroxylation is 3. The van der Waals surface area contributed by atoms with E-state index < -0.39 is 11.9 Å². The molecule has 296 valence electrons. The largest absolute Gasteiger partial charge is 0.507 e. The van der Waals surface area contributed by atoms with E-state index in [0.717, 1.165) is 47.9 Å². The lowest BCUT2D eigenvalue weighted by Crippen LogP contribution is -2.15. The van der Waals surface area contributed by atoms with Gasteiger partial charge in [0.1, 0.15) is 36.2 Å². The number of ether oxygens (including phenoxy) is 6. The van der Waals surface area contributed by atoms with Gasteiger partial charge in [0.2, 0.25) is 0 Å². The third kappa shape index (κ3) is 13.5. The van der Waals surface area contributed by atoms with E-state index in [-0.39, 0.29) is 62.8 Å². The Balaban J connectivity index is 1.46. The van der Waals surface area contributed by atoms with Crippen molar-refractivity contribution >= 4 is 11.9 Å². The molecule has 0 atom stereocenters. The molecule has 1 aromatic heterocycles. The lowest BCUT2D eigenvalue weighted by Gasteiger charge is -2.14. The Labute approximate surface area is 323 Å². The molecule has 0 aliphatic heterocycles. The number of phenolic OH excluding ortho intramolecular Hbond substituents is 2. The maximum absolute atomic E-state index is 11.8. The van der Waals surface area contributed by atoms with E-state index in [4.69, 9.17) is 38.4 Å². The fourth-order valence-electron chi connectivity index (χ4n) is 5.60. The second-order valence-corrected chi connectivity index (χ2v) is 13.1. The van der Waals surface area contributed by atoms with Crippen LogP contribution in [0, 0.1) is 20.8 Å². The van der Waals surface area contributed by atoms with Crippen molar-refractivity contribution in [1.82, 2.24) is 15.0 Å². The zero-order valence-electron chi connectivity index (χ0n) is 32.5. The summed E-state index contributed by atoms with van der Waals surface area (Å²) in [5.41, 5.74) is 4.51. The molecule has 0 bridgehead atoms. The third-order valence-electron chi connectivity index (χ3n) is 8.32. The van der Waals surface area contributed by atoms with Crippen LogP contribution >= 0.6 is 0 Å². The van der Waals surface area contributed by atoms with Crippen molar-refractivity contribution in [2.75, 3.05) is 52.9 Å². The number of esters is 2. The summed E-state index contributed by atoms with van der Waals surface area (Å²) in [4.78, 5) is 37.9. The zero-order chi connectivity index (χ0) is 39.6. The molecule has 0 aliphatic carbocycles. The summed E-state index contributed by atoms with van der Waals surface area (Å²) < 4.78 is 32.5. The SMILES string of the molecule is CCCCOCC(=O)OCCCOc1ccc(-c2nc(-c3ccc(OCCCOC(=O)COCCCC)cc3O)nc(-c3c(C)cc(C)cc3C)n2)c(O)c1. The first-order valence-corrected chi connectivity index (χ1v) is 18.8. The number of unbranched alkanes of at least 4 members (excludes halogenated alkanes) is 2. The van der Waals surface area contributed by atoms with Crippen molar-refractivity contribution in [2.45, 2.75) is 73.1 Å². The molecule has 0 radical (unpaired) electrons. The molecule has 4 aromatic rings. The molecule has 3 aromatic carbocycles. The van der Waals surface area contributed by atoms with Gasteiger partial charge < -0.3 is 38.6 Å². The minimum absolute atomic E-state index is 0.0728. The van der Waals surface area contributed by atoms with E-state index in [2.05, 4.69) is 4.98 Å². The molecule has 0 spiro atoms. The number of rotatable bonds is 23. The highest BCUT2D eigenvalue weighted by atomic mass is 16.6. The first-order valence-electron chi connectivity index (χ1n) is 18.8. The summed E-state index contributed by atoms with van der Waals surface area (Å²) in [6.07, 6.45) is 4.67. The number of benzene rings is 3. The molecular formula is C42H53N3O10. The summed E-state index contributed by atoms with van der Waals surface area (Å²) in [6.45, 7) is 11.9. The highest BCUT2D eigenvalue weighted by Crippen LogP contribution is 2.36. The standard InChI is InChI=1S/C42H53N3O10/c1-6-8-16-50-26-37(48)54-20-10-18-52-31-12-14-33(35(46)24-31)40-43-41(45-42(44-40)39-29(4)22-28(3)23-30(39)5)34-15-13-32(25-36(34)47)53-19-11-21-55-38(49)27-51-17-9-7-2/h12-15,22-25,46-47H,6-11,16-21,26-27H2,1-5H3. The smallest absolute Gasteiger partial charge is 0.332 e. The van der Waals surface area contributed by atoms with Crippen molar-refractivity contribution < 1.29 is 48.2 Å². The average molecular weight is 760 g/mol. The quantitative estimate of drug-likeness (QED) is 0.0565. The van der Waals surface area contributed by atoms with Gasteiger partial charge in [-0.05, 0) is 69.0 Å². The Bertz CT molecular complexity index is 1740. The van der Waals surface area contributed by atoms with Crippen molar-refractivity contribution in [2.24, 2.45) is 0 Å². The van der Waals surface area contributed by atoms with Gasteiger partial charge in [-0.2, -0.15) is 0 Å². The molecule has 13 nitrogen and oxygen atoms in total. The fourth-order valence-corrected chi connectivity index (χ4v) is 5.60. The van der Waals surface area contributed by atoms with Crippen LogP contribution < -0.4 is 9.47 Å². The number of hydrogen-bond donors (Lipinski definition) is 2. The van der Waals surface area contributed by atoms with Gasteiger partial charge in [-0.25, -0.2) is 24.5 Å². The Morgan fingerprint density at radius 2 is 1.00 bits per heavy atom. The minimum atomic E-state index is -0.418. The van der Waals surface area contributed by atoms with E-state index in [1.54, 1.807) is 24.3 Å². The number of carbonyl (C=O) groups is 2. The van der Waals surface area contributed by atoms with Crippen LogP contribution in [0.5, 0.6) is 23.0 Å². The van der Waals surface area contributed by atoms with Crippen LogP contribution in [-0.4, -0.2) is 90.0 Å². The van der Waals surface area contributed by atoms with Crippen LogP contribution in [0.1, 0.15) is 69.1 Å². The zero-order valence-corrected chi connectivity index (χ0v) is 32.5. The molecule has 0 amide bonds. The predicted molar refractivity (Wildman–Crippen MR) is 207 cm³/mol. The van der Waals surface area contributed by atoms with Gasteiger partial charge >= 0.3 is 11.9 Å². The molecule has 0 saturated heterocycles. The Morgan fingerprint density at radius 3 is 1.42 bits per heavy atom. The highest BCUT2D eigenvalue weighted by Gasteiger charge is 2.20. The molecular weight excluding hydrogens is 706 g/mol. The van der Waals surface area contributed by atoms with Crippen LogP contribution in [-0.2, 0) is 28.5 Å². The van der Waals surface area contributed by atoms with Crippen LogP contribution in [0.4, 0.5) is 0 Å². The van der Waals surface area contributed by atoms with Crippen molar-refractivity contribution in [3.63, 3.8) is 0 Å². The summed E-state index contributed by atoms with van der Waals surface area (Å²) in [7, 11) is 0. The number of carbonyl (C=O) groups excluding carboxylic acids is 2. The van der Waals surface area contributed by atoms with Crippen LogP contribution in [0.15, 0.2) is 48.5 Å². The normalized spacial score (nSPS) is 11.0. The second-order valence-electron chi connectivity index (χ2n) is 13.1. The number of nitrogens with zero attached hydrogens (tertiary/aromatic N) is 3. The second kappa shape index (κ2) is 22.2. The summed E-state index contributed by atoms with van der Waals surface area (Å²) in [5, 5.41) is 22.3. The molecule has 4 rings (SSSR count). The van der Waals surface area contributed by atoms with Gasteiger partial charge in [0.05, 0.1) is 37.6 Å². The van der Waals surface area contributed by atoms with Crippen molar-refractivity contribution in [3.05, 3.63) is 65.2 Å². The molecule has 0 saturated carbocycles. The van der Waals surface area contributed by atoms with E-state index in [1.807, 2.05) is 46.8 Å². The number of phenols is 2. The van der Waals surface area contributed by atoms with Crippen LogP contribution in [0.3, 0.4) is 0 Å². The highest BCUT2D eigenvalue weighted by molar-refractivity contribution is 5.75. The molecule has 55 heavy (non-hydrogen) atoms. The van der Waals surface area contributed by atoms with E-state index in [1.165, 1.54) is 12.1 Å². The Kier molecular flexibility index (Phi) is 17.1. The van der Waals surface area contributed by atoms with Crippen LogP contribution in [0.2, 0.25) is 0 Å². The van der Waals surface area contributed by atoms with Crippen molar-refractivity contribution in [3.8, 4) is 57.2 Å². The number of aromatic hydroxyl groups is 2. The van der Waals surface area contributed by atoms with E-state index in [9.17, 15) is 19.8 Å². The first-order chi connectivity index (χ1) is 26.6. The predicted octanol–water partition coefficient (Wildman–Crippen LogP) is 7.47. The van der Waals surface area contributed by atoms with Gasteiger partial charge in [0.25, 0.3) is 0 Å². The molecule has 13 heteroatoms. The Morgan fingerprint density at radius 1 is 0.564 bits per heavy atom. The van der Waals surface area contributed by atoms with Crippen LogP contribution in [0.25, 0.3) is 34.2 Å². The van der Waals surface area contributed by atoms with Gasteiger partial charge in [-0.1, -0.05) is 44.4 Å². The molecule has 0 aliphatic rings. The van der Waals surface area contributed by atoms with Gasteiger partial charge in [-0.15, -0.1) is 0 Å². The lowest BCUT2D eigenvalue weighted by atomic mass is 9.99. The van der Waals surface area contributed by atoms with Crippen molar-refractivity contribution in [1.29, 1.82) is 0 Å². The van der Waals surface area contributed by atoms with Gasteiger partial charge in [0.15, 0.2) is 17.5 Å². The fraction of sp³-hybridized carbons (Fsp3) is 0.452. The molecule has 0 unspecified atom stereocenters. The third-order valence-corrected chi connectivity index (χ3v) is 8.32. The maximum atomic E-state index is 11.8. The first kappa shape index (κ1) is 42.5. The maximum Gasteiger partial charge on any atom is 0.332 e. The molecule has 0 fully saturated rings. The Hall–Kier alpha value is -5.27. The number of hydrogen-bond acceptors (Lipinski definition) is 13. The molecule has 1 heterocycles. The summed E-state index contributed by atoms with van der Waals surface area (Å²) in [6, 6.07) is 13.7. The monoisotopic (exact) mass is 759 g/mol. The van der Waals surface area contributed by atoms with Gasteiger partial charge in [0, 0.05) is 43.8 Å². The summed E-state index contributed by atoms with van der Waals surface area (Å²) >= 11 is 0. The number of aromatic nitrogens is 3. The van der Waals surface area contributed by atoms with E-state index >= 15 is 0 Å². The topological polar surface area (TPSA) is 169 Å². The summed E-state index contributed by atoms with van der Waals surface area (Å²) in [5.74, 6) is 0.537. The lowest BCUT2D eigenvalue weighted by molar-refractivity contribution is -0.150. The average Bonchev–Trinajstić information content (AvgIpc) is 3.14. The molecule has 2 N–H and O–H groups in total. The van der Waals surface area contributed by atoms with Gasteiger partial charge in [-0.3, -0.25) is 0 Å². The van der Waals surface area contributed by atoms with E-state index in [0.29, 0.717) is 54.5 Å². The minimum Gasteiger partial charge on any atom is -0.507 e.